The Hall–Kier alpha value is -1.86. The van der Waals surface area contributed by atoms with Gasteiger partial charge in [0.25, 0.3) is 10.0 Å². The molecule has 0 atom stereocenters. The summed E-state index contributed by atoms with van der Waals surface area (Å²) in [6.45, 7) is 1.74. The third-order valence-electron chi connectivity index (χ3n) is 3.61. The van der Waals surface area contributed by atoms with Gasteiger partial charge in [0.2, 0.25) is 0 Å². The highest BCUT2D eigenvalue weighted by atomic mass is 32.2. The van der Waals surface area contributed by atoms with Gasteiger partial charge < -0.3 is 0 Å². The first-order valence-electron chi connectivity index (χ1n) is 6.73. The first kappa shape index (κ1) is 15.1. The first-order chi connectivity index (χ1) is 10.3. The number of para-hydroxylation sites is 1. The molecule has 1 aliphatic heterocycles. The summed E-state index contributed by atoms with van der Waals surface area (Å²) in [5.41, 5.74) is 1.05. The Bertz CT molecular complexity index is 934. The second-order valence-corrected chi connectivity index (χ2v) is 9.12. The van der Waals surface area contributed by atoms with Crippen molar-refractivity contribution in [3.05, 3.63) is 54.1 Å². The maximum Gasteiger partial charge on any atom is 0.264 e. The van der Waals surface area contributed by atoms with Crippen LogP contribution >= 0.6 is 0 Å². The highest BCUT2D eigenvalue weighted by Crippen LogP contribution is 2.34. The maximum absolute atomic E-state index is 12.8. The van der Waals surface area contributed by atoms with Gasteiger partial charge in [-0.1, -0.05) is 24.3 Å². The van der Waals surface area contributed by atoms with Gasteiger partial charge in [0.05, 0.1) is 21.2 Å². The van der Waals surface area contributed by atoms with Gasteiger partial charge in [0.1, 0.15) is 0 Å². The molecule has 0 unspecified atom stereocenters. The van der Waals surface area contributed by atoms with Crippen LogP contribution in [-0.2, 0) is 19.9 Å². The van der Waals surface area contributed by atoms with Crippen LogP contribution in [0.15, 0.2) is 58.3 Å². The number of fused-ring (bicyclic) bond motifs is 1. The summed E-state index contributed by atoms with van der Waals surface area (Å²) in [6.07, 6.45) is 0. The van der Waals surface area contributed by atoms with Gasteiger partial charge in [0.15, 0.2) is 9.84 Å². The summed E-state index contributed by atoms with van der Waals surface area (Å²) in [6, 6.07) is 12.8. The van der Waals surface area contributed by atoms with E-state index in [2.05, 4.69) is 0 Å². The molecule has 2 aromatic carbocycles. The Labute approximate surface area is 130 Å². The van der Waals surface area contributed by atoms with Crippen molar-refractivity contribution in [2.45, 2.75) is 16.7 Å². The minimum atomic E-state index is -3.78. The molecule has 116 valence electrons. The molecular weight excluding hydrogens is 322 g/mol. The number of sulfone groups is 1. The molecule has 0 amide bonds. The van der Waals surface area contributed by atoms with Crippen molar-refractivity contribution in [3.63, 3.8) is 0 Å². The number of aryl methyl sites for hydroxylation is 1. The zero-order valence-electron chi connectivity index (χ0n) is 11.9. The second-order valence-electron chi connectivity index (χ2n) is 5.18. The Balaban J connectivity index is 2.17. The van der Waals surface area contributed by atoms with E-state index in [1.54, 1.807) is 24.3 Å². The van der Waals surface area contributed by atoms with Crippen LogP contribution in [0.4, 0.5) is 5.69 Å². The standard InChI is InChI=1S/C15H15NO4S2/c1-12-5-4-6-13(11-12)22(19,20)16-9-10-21(17,18)15-8-3-2-7-14(15)16/h2-8,11H,9-10H2,1H3. The van der Waals surface area contributed by atoms with Crippen LogP contribution < -0.4 is 4.31 Å². The number of rotatable bonds is 2. The molecule has 5 nitrogen and oxygen atoms in total. The Morgan fingerprint density at radius 2 is 1.77 bits per heavy atom. The monoisotopic (exact) mass is 337 g/mol. The minimum absolute atomic E-state index is 0.0671. The van der Waals surface area contributed by atoms with Gasteiger partial charge in [-0.2, -0.15) is 0 Å². The topological polar surface area (TPSA) is 71.5 Å². The lowest BCUT2D eigenvalue weighted by molar-refractivity contribution is 0.583. The number of hydrogen-bond donors (Lipinski definition) is 0. The summed E-state index contributed by atoms with van der Waals surface area (Å²) in [4.78, 5) is 0.235. The predicted molar refractivity (Wildman–Crippen MR) is 84.2 cm³/mol. The van der Waals surface area contributed by atoms with Crippen LogP contribution in [0.1, 0.15) is 5.56 Å². The van der Waals surface area contributed by atoms with Gasteiger partial charge in [-0.05, 0) is 36.8 Å². The van der Waals surface area contributed by atoms with Crippen LogP contribution in [-0.4, -0.2) is 29.1 Å². The van der Waals surface area contributed by atoms with Gasteiger partial charge >= 0.3 is 0 Å². The number of anilines is 1. The number of benzene rings is 2. The molecule has 0 aliphatic carbocycles. The minimum Gasteiger partial charge on any atom is -0.264 e. The van der Waals surface area contributed by atoms with Crippen molar-refractivity contribution in [2.75, 3.05) is 16.6 Å². The van der Waals surface area contributed by atoms with E-state index in [0.717, 1.165) is 5.56 Å². The van der Waals surface area contributed by atoms with E-state index in [0.29, 0.717) is 0 Å². The zero-order chi connectivity index (χ0) is 16.0. The zero-order valence-corrected chi connectivity index (χ0v) is 13.6. The molecule has 0 saturated carbocycles. The van der Waals surface area contributed by atoms with E-state index in [-0.39, 0.29) is 27.8 Å². The van der Waals surface area contributed by atoms with Crippen molar-refractivity contribution in [1.82, 2.24) is 0 Å². The molecule has 0 spiro atoms. The molecule has 0 fully saturated rings. The summed E-state index contributed by atoms with van der Waals surface area (Å²) >= 11 is 0. The van der Waals surface area contributed by atoms with E-state index in [1.807, 2.05) is 13.0 Å². The Morgan fingerprint density at radius 1 is 1.05 bits per heavy atom. The lowest BCUT2D eigenvalue weighted by Crippen LogP contribution is -2.39. The average molecular weight is 337 g/mol. The van der Waals surface area contributed by atoms with Crippen molar-refractivity contribution in [3.8, 4) is 0 Å². The normalized spacial score (nSPS) is 17.0. The summed E-state index contributed by atoms with van der Waals surface area (Å²) < 4.78 is 51.1. The second kappa shape index (κ2) is 5.10. The molecule has 0 aromatic heterocycles. The predicted octanol–water partition coefficient (Wildman–Crippen LogP) is 1.98. The quantitative estimate of drug-likeness (QED) is 0.840. The van der Waals surface area contributed by atoms with E-state index < -0.39 is 19.9 Å². The number of nitrogens with zero attached hydrogens (tertiary/aromatic N) is 1. The fourth-order valence-electron chi connectivity index (χ4n) is 2.51. The smallest absolute Gasteiger partial charge is 0.264 e. The van der Waals surface area contributed by atoms with Crippen LogP contribution in [0.5, 0.6) is 0 Å². The third-order valence-corrected chi connectivity index (χ3v) is 7.15. The molecule has 2 aromatic rings. The fourth-order valence-corrected chi connectivity index (χ4v) is 5.70. The third kappa shape index (κ3) is 2.40. The highest BCUT2D eigenvalue weighted by molar-refractivity contribution is 7.94. The van der Waals surface area contributed by atoms with Gasteiger partial charge in [-0.3, -0.25) is 4.31 Å². The van der Waals surface area contributed by atoms with E-state index >= 15 is 0 Å². The summed E-state index contributed by atoms with van der Waals surface area (Å²) in [5, 5.41) is 0. The lowest BCUT2D eigenvalue weighted by atomic mass is 10.2. The molecule has 0 saturated heterocycles. The van der Waals surface area contributed by atoms with Crippen molar-refractivity contribution >= 4 is 25.5 Å². The lowest BCUT2D eigenvalue weighted by Gasteiger charge is -2.30. The van der Waals surface area contributed by atoms with Crippen molar-refractivity contribution < 1.29 is 16.8 Å². The molecule has 0 radical (unpaired) electrons. The van der Waals surface area contributed by atoms with Crippen LogP contribution in [0.3, 0.4) is 0 Å². The Morgan fingerprint density at radius 3 is 2.50 bits per heavy atom. The van der Waals surface area contributed by atoms with Crippen LogP contribution in [0, 0.1) is 6.92 Å². The van der Waals surface area contributed by atoms with E-state index in [9.17, 15) is 16.8 Å². The van der Waals surface area contributed by atoms with Crippen molar-refractivity contribution in [2.24, 2.45) is 0 Å². The molecule has 1 heterocycles. The first-order valence-corrected chi connectivity index (χ1v) is 9.83. The van der Waals surface area contributed by atoms with Crippen molar-refractivity contribution in [1.29, 1.82) is 0 Å². The van der Waals surface area contributed by atoms with Gasteiger partial charge in [0, 0.05) is 6.54 Å². The maximum atomic E-state index is 12.8. The SMILES string of the molecule is Cc1cccc(S(=O)(=O)N2CCS(=O)(=O)c3ccccc32)c1. The average Bonchev–Trinajstić information content (AvgIpc) is 2.47. The summed E-state index contributed by atoms with van der Waals surface area (Å²) in [5.74, 6) is -0.213. The molecular formula is C15H15NO4S2. The van der Waals surface area contributed by atoms with Crippen LogP contribution in [0.2, 0.25) is 0 Å². The molecule has 0 bridgehead atoms. The van der Waals surface area contributed by atoms with Gasteiger partial charge in [-0.25, -0.2) is 16.8 Å². The molecule has 22 heavy (non-hydrogen) atoms. The van der Waals surface area contributed by atoms with Gasteiger partial charge in [-0.15, -0.1) is 0 Å². The van der Waals surface area contributed by atoms with E-state index in [1.165, 1.54) is 22.5 Å². The molecule has 3 rings (SSSR count). The number of sulfonamides is 1. The fraction of sp³-hybridized carbons (Fsp3) is 0.200. The molecule has 0 N–H and O–H groups in total. The highest BCUT2D eigenvalue weighted by Gasteiger charge is 2.35. The number of hydrogen-bond acceptors (Lipinski definition) is 4. The molecule has 1 aliphatic rings. The summed E-state index contributed by atoms with van der Waals surface area (Å²) in [7, 11) is -7.21. The molecule has 7 heteroatoms. The largest absolute Gasteiger partial charge is 0.264 e. The van der Waals surface area contributed by atoms with E-state index in [4.69, 9.17) is 0 Å². The van der Waals surface area contributed by atoms with Crippen LogP contribution in [0.25, 0.3) is 0 Å². The Kier molecular flexibility index (Phi) is 3.49.